The number of hydrogen-bond acceptors (Lipinski definition) is 4. The van der Waals surface area contributed by atoms with Crippen molar-refractivity contribution in [2.24, 2.45) is 10.2 Å². The molecule has 0 unspecified atom stereocenters. The molecule has 0 aromatic heterocycles. The third kappa shape index (κ3) is 3.75. The van der Waals surface area contributed by atoms with Gasteiger partial charge in [-0.3, -0.25) is 0 Å². The van der Waals surface area contributed by atoms with Crippen LogP contribution in [0.3, 0.4) is 0 Å². The zero-order chi connectivity index (χ0) is 9.68. The highest BCUT2D eigenvalue weighted by Crippen LogP contribution is 2.11. The van der Waals surface area contributed by atoms with Crippen molar-refractivity contribution in [3.63, 3.8) is 0 Å². The second-order valence-electron chi connectivity index (χ2n) is 2.19. The van der Waals surface area contributed by atoms with Crippen molar-refractivity contribution >= 4 is 16.4 Å². The van der Waals surface area contributed by atoms with E-state index in [-0.39, 0.29) is 11.7 Å². The Morgan fingerprint density at radius 1 is 1.23 bits per heavy atom. The molecule has 0 aliphatic rings. The maximum Gasteiger partial charge on any atom is 0.162 e. The monoisotopic (exact) mass is 202 g/mol. The minimum atomic E-state index is -2.54. The summed E-state index contributed by atoms with van der Waals surface area (Å²) >= 11 is 0. The summed E-state index contributed by atoms with van der Waals surface area (Å²) < 4.78 is 32.5. The molecule has 0 saturated heterocycles. The zero-order valence-electron chi connectivity index (χ0n) is 6.55. The molecule has 0 atom stereocenters. The molecular weight excluding hydrogens is 195 g/mol. The van der Waals surface area contributed by atoms with Gasteiger partial charge in [0.05, 0.1) is 5.69 Å². The van der Waals surface area contributed by atoms with Crippen molar-refractivity contribution < 1.29 is 12.8 Å². The Bertz CT molecular complexity index is 365. The molecule has 0 heterocycles. The van der Waals surface area contributed by atoms with Crippen molar-refractivity contribution in [1.82, 2.24) is 0 Å². The average molecular weight is 202 g/mol. The summed E-state index contributed by atoms with van der Waals surface area (Å²) in [5.74, 6) is -0.707. The average Bonchev–Trinajstić information content (AvgIpc) is 2.08. The van der Waals surface area contributed by atoms with E-state index < -0.39 is 10.7 Å². The largest absolute Gasteiger partial charge is 0.230 e. The Hall–Kier alpha value is -1.30. The molecule has 70 valence electrons. The number of azo groups is 1. The summed E-state index contributed by atoms with van der Waals surface area (Å²) in [7, 11) is -2.54. The third-order valence-electron chi connectivity index (χ3n) is 1.19. The van der Waals surface area contributed by atoms with Crippen LogP contribution in [0.15, 0.2) is 34.5 Å². The van der Waals surface area contributed by atoms with Gasteiger partial charge in [0.25, 0.3) is 0 Å². The van der Waals surface area contributed by atoms with Gasteiger partial charge >= 0.3 is 0 Å². The van der Waals surface area contributed by atoms with Gasteiger partial charge in [0.1, 0.15) is 5.82 Å². The van der Waals surface area contributed by atoms with Crippen LogP contribution in [0.4, 0.5) is 10.1 Å². The number of nitrogens with zero attached hydrogens (tertiary/aromatic N) is 2. The SMILES string of the molecule is O=[SH](=O)CN=Nc1ccc(F)cc1. The van der Waals surface area contributed by atoms with Gasteiger partial charge in [-0.1, -0.05) is 0 Å². The van der Waals surface area contributed by atoms with E-state index in [1.807, 2.05) is 0 Å². The number of benzene rings is 1. The highest BCUT2D eigenvalue weighted by Gasteiger charge is 1.90. The lowest BCUT2D eigenvalue weighted by atomic mass is 10.3. The van der Waals surface area contributed by atoms with E-state index in [1.54, 1.807) is 0 Å². The zero-order valence-corrected chi connectivity index (χ0v) is 7.45. The minimum absolute atomic E-state index is 0.341. The van der Waals surface area contributed by atoms with Crippen LogP contribution in [0, 0.1) is 5.82 Å². The Balaban J connectivity index is 2.64. The topological polar surface area (TPSA) is 58.9 Å². The Morgan fingerprint density at radius 2 is 1.85 bits per heavy atom. The van der Waals surface area contributed by atoms with Crippen LogP contribution in [-0.2, 0) is 10.7 Å². The fraction of sp³-hybridized carbons (Fsp3) is 0.143. The van der Waals surface area contributed by atoms with E-state index in [0.717, 1.165) is 0 Å². The lowest BCUT2D eigenvalue weighted by Crippen LogP contribution is -1.78. The van der Waals surface area contributed by atoms with E-state index in [9.17, 15) is 12.8 Å². The third-order valence-corrected chi connectivity index (χ3v) is 1.55. The quantitative estimate of drug-likeness (QED) is 0.596. The van der Waals surface area contributed by atoms with Crippen molar-refractivity contribution in [2.75, 3.05) is 5.88 Å². The maximum absolute atomic E-state index is 12.4. The van der Waals surface area contributed by atoms with Crippen LogP contribution in [0.5, 0.6) is 0 Å². The molecule has 0 saturated carbocycles. The lowest BCUT2D eigenvalue weighted by molar-refractivity contribution is 0.614. The predicted molar refractivity (Wildman–Crippen MR) is 46.1 cm³/mol. The molecule has 0 radical (unpaired) electrons. The second-order valence-corrected chi connectivity index (χ2v) is 3.14. The van der Waals surface area contributed by atoms with E-state index in [4.69, 9.17) is 0 Å². The number of thiol groups is 1. The van der Waals surface area contributed by atoms with E-state index >= 15 is 0 Å². The van der Waals surface area contributed by atoms with Crippen LogP contribution in [-0.4, -0.2) is 14.3 Å². The molecule has 4 nitrogen and oxygen atoms in total. The van der Waals surface area contributed by atoms with Crippen molar-refractivity contribution in [3.8, 4) is 0 Å². The first-order valence-electron chi connectivity index (χ1n) is 3.43. The van der Waals surface area contributed by atoms with E-state index in [2.05, 4.69) is 10.2 Å². The summed E-state index contributed by atoms with van der Waals surface area (Å²) in [4.78, 5) is 0. The molecule has 0 spiro atoms. The highest BCUT2D eigenvalue weighted by molar-refractivity contribution is 7.72. The first-order chi connectivity index (χ1) is 6.18. The molecular formula is C7H7FN2O2S. The van der Waals surface area contributed by atoms with E-state index in [0.29, 0.717) is 5.69 Å². The highest BCUT2D eigenvalue weighted by atomic mass is 32.2. The predicted octanol–water partition coefficient (Wildman–Crippen LogP) is 1.48. The molecule has 1 aromatic carbocycles. The summed E-state index contributed by atoms with van der Waals surface area (Å²) in [5, 5.41) is 6.94. The minimum Gasteiger partial charge on any atom is -0.230 e. The van der Waals surface area contributed by atoms with E-state index in [1.165, 1.54) is 24.3 Å². The molecule has 13 heavy (non-hydrogen) atoms. The Kier molecular flexibility index (Phi) is 3.51. The summed E-state index contributed by atoms with van der Waals surface area (Å²) in [6.45, 7) is 0. The molecule has 6 heteroatoms. The number of hydrogen-bond donors (Lipinski definition) is 1. The van der Waals surface area contributed by atoms with Gasteiger partial charge in [-0.25, -0.2) is 12.8 Å². The maximum atomic E-state index is 12.4. The van der Waals surface area contributed by atoms with Gasteiger partial charge in [-0.05, 0) is 24.3 Å². The summed E-state index contributed by atoms with van der Waals surface area (Å²) in [6.07, 6.45) is 0. The first kappa shape index (κ1) is 9.79. The Labute approximate surface area is 76.1 Å². The van der Waals surface area contributed by atoms with Gasteiger partial charge in [0.15, 0.2) is 16.6 Å². The van der Waals surface area contributed by atoms with Gasteiger partial charge in [-0.15, -0.1) is 0 Å². The van der Waals surface area contributed by atoms with Crippen molar-refractivity contribution in [3.05, 3.63) is 30.1 Å². The van der Waals surface area contributed by atoms with Gasteiger partial charge < -0.3 is 0 Å². The fourth-order valence-corrected chi connectivity index (χ4v) is 0.839. The fourth-order valence-electron chi connectivity index (χ4n) is 0.673. The normalized spacial score (nSPS) is 11.2. The van der Waals surface area contributed by atoms with Crippen molar-refractivity contribution in [1.29, 1.82) is 0 Å². The first-order valence-corrected chi connectivity index (χ1v) is 4.79. The molecule has 0 bridgehead atoms. The standard InChI is InChI=1S/C7H7FN2O2S/c8-6-1-3-7(4-2-6)10-9-5-13(11)12/h1-4,13H,5H2. The molecule has 0 fully saturated rings. The molecule has 1 rings (SSSR count). The molecule has 0 aliphatic carbocycles. The van der Waals surface area contributed by atoms with Crippen LogP contribution in [0.1, 0.15) is 0 Å². The van der Waals surface area contributed by atoms with Crippen LogP contribution >= 0.6 is 0 Å². The Morgan fingerprint density at radius 3 is 2.38 bits per heavy atom. The molecule has 0 N–H and O–H groups in total. The molecule has 0 amide bonds. The molecule has 1 aromatic rings. The van der Waals surface area contributed by atoms with Crippen LogP contribution < -0.4 is 0 Å². The van der Waals surface area contributed by atoms with Gasteiger partial charge in [0.2, 0.25) is 0 Å². The molecule has 0 aliphatic heterocycles. The van der Waals surface area contributed by atoms with Gasteiger partial charge in [0, 0.05) is 0 Å². The van der Waals surface area contributed by atoms with Crippen LogP contribution in [0.25, 0.3) is 0 Å². The summed E-state index contributed by atoms with van der Waals surface area (Å²) in [5.41, 5.74) is 0.429. The smallest absolute Gasteiger partial charge is 0.162 e. The number of rotatable bonds is 3. The number of halogens is 1. The lowest BCUT2D eigenvalue weighted by Gasteiger charge is -1.89. The summed E-state index contributed by atoms with van der Waals surface area (Å²) in [6, 6.07) is 5.28. The second kappa shape index (κ2) is 4.66. The van der Waals surface area contributed by atoms with Gasteiger partial charge in [-0.2, -0.15) is 10.2 Å². The van der Waals surface area contributed by atoms with Crippen molar-refractivity contribution in [2.45, 2.75) is 0 Å². The van der Waals surface area contributed by atoms with Crippen LogP contribution in [0.2, 0.25) is 0 Å².